The van der Waals surface area contributed by atoms with Crippen LogP contribution < -0.4 is 0 Å². The lowest BCUT2D eigenvalue weighted by Crippen LogP contribution is -2.58. The van der Waals surface area contributed by atoms with Gasteiger partial charge in [-0.3, -0.25) is 0 Å². The van der Waals surface area contributed by atoms with Gasteiger partial charge in [0, 0.05) is 0 Å². The average molecular weight is 427 g/mol. The van der Waals surface area contributed by atoms with Crippen molar-refractivity contribution in [2.75, 3.05) is 0 Å². The molecule has 0 aromatic heterocycles. The van der Waals surface area contributed by atoms with E-state index >= 15 is 0 Å². The van der Waals surface area contributed by atoms with Gasteiger partial charge >= 0.3 is 0 Å². The van der Waals surface area contributed by atoms with Crippen LogP contribution in [-0.2, 0) is 10.8 Å². The second-order valence-corrected chi connectivity index (χ2v) is 16.9. The molecule has 2 nitrogen and oxygen atoms in total. The average Bonchev–Trinajstić information content (AvgIpc) is 2.92. The van der Waals surface area contributed by atoms with Gasteiger partial charge in [-0.2, -0.15) is 0 Å². The Hall–Kier alpha value is -1.06. The normalized spacial score (nSPS) is 36.0. The van der Waals surface area contributed by atoms with Gasteiger partial charge in [0.15, 0.2) is 8.32 Å². The summed E-state index contributed by atoms with van der Waals surface area (Å²) in [6, 6.07) is 6.12. The van der Waals surface area contributed by atoms with Crippen molar-refractivity contribution < 1.29 is 9.53 Å². The second kappa shape index (κ2) is 7.23. The van der Waals surface area contributed by atoms with Crippen LogP contribution in [0.4, 0.5) is 0 Å². The molecule has 0 radical (unpaired) electrons. The van der Waals surface area contributed by atoms with Crippen LogP contribution >= 0.6 is 0 Å². The largest absolute Gasteiger partial charge is 0.508 e. The van der Waals surface area contributed by atoms with Gasteiger partial charge in [0.2, 0.25) is 0 Å². The predicted octanol–water partition coefficient (Wildman–Crippen LogP) is 7.59. The maximum atomic E-state index is 9.95. The standard InChI is InChI=1S/C27H42O2Si/c1-8-15-27(29-30(6,7)25(2,3)4)17-14-24-23-11-9-19-18-20(28)10-12-21(19)22(23)13-16-26(24,27)5/h8,10,12,18,22-24,28H,1,9,11,13-17H2,2-7H3/t22-,23-,24+,26+,27+/m1/s1. The van der Waals surface area contributed by atoms with Gasteiger partial charge in [-0.1, -0.05) is 39.8 Å². The second-order valence-electron chi connectivity index (χ2n) is 12.1. The summed E-state index contributed by atoms with van der Waals surface area (Å²) in [7, 11) is -1.89. The third-order valence-electron chi connectivity index (χ3n) is 9.73. The lowest BCUT2D eigenvalue weighted by Gasteiger charge is -2.57. The molecule has 3 aliphatic rings. The number of hydrogen-bond donors (Lipinski definition) is 1. The van der Waals surface area contributed by atoms with Crippen LogP contribution in [-0.4, -0.2) is 19.0 Å². The van der Waals surface area contributed by atoms with Crippen LogP contribution in [0.5, 0.6) is 5.75 Å². The number of phenols is 1. The van der Waals surface area contributed by atoms with Gasteiger partial charge in [-0.25, -0.2) is 0 Å². The summed E-state index contributed by atoms with van der Waals surface area (Å²) < 4.78 is 7.36. The molecule has 5 atom stereocenters. The molecule has 0 bridgehead atoms. The molecule has 3 heteroatoms. The molecule has 4 rings (SSSR count). The Morgan fingerprint density at radius 1 is 1.20 bits per heavy atom. The van der Waals surface area contributed by atoms with Gasteiger partial charge in [0.1, 0.15) is 5.75 Å². The van der Waals surface area contributed by atoms with E-state index in [1.54, 1.807) is 0 Å². The Balaban J connectivity index is 1.68. The topological polar surface area (TPSA) is 29.5 Å². The minimum absolute atomic E-state index is 0.0530. The third-order valence-corrected chi connectivity index (χ3v) is 14.2. The van der Waals surface area contributed by atoms with Crippen LogP contribution in [0.15, 0.2) is 30.9 Å². The third kappa shape index (κ3) is 3.23. The minimum Gasteiger partial charge on any atom is -0.508 e. The predicted molar refractivity (Wildman–Crippen MR) is 129 cm³/mol. The van der Waals surface area contributed by atoms with E-state index in [-0.39, 0.29) is 16.1 Å². The van der Waals surface area contributed by atoms with E-state index in [1.165, 1.54) is 43.2 Å². The van der Waals surface area contributed by atoms with E-state index in [9.17, 15) is 5.11 Å². The summed E-state index contributed by atoms with van der Waals surface area (Å²) in [5, 5.41) is 10.2. The molecular formula is C27H42O2Si. The van der Waals surface area contributed by atoms with Crippen LogP contribution in [0.1, 0.15) is 83.3 Å². The molecule has 3 aliphatic carbocycles. The molecule has 1 aromatic rings. The van der Waals surface area contributed by atoms with Gasteiger partial charge in [0.05, 0.1) is 5.60 Å². The van der Waals surface area contributed by atoms with Crippen molar-refractivity contribution in [3.05, 3.63) is 42.0 Å². The quantitative estimate of drug-likeness (QED) is 0.397. The Morgan fingerprint density at radius 2 is 1.93 bits per heavy atom. The molecule has 1 aromatic carbocycles. The molecule has 0 heterocycles. The highest BCUT2D eigenvalue weighted by Gasteiger charge is 2.63. The number of rotatable bonds is 4. The van der Waals surface area contributed by atoms with Crippen molar-refractivity contribution in [2.24, 2.45) is 17.3 Å². The van der Waals surface area contributed by atoms with Crippen molar-refractivity contribution in [3.8, 4) is 5.75 Å². The van der Waals surface area contributed by atoms with Gasteiger partial charge in [-0.15, -0.1) is 6.58 Å². The first-order chi connectivity index (χ1) is 13.9. The number of hydrogen-bond acceptors (Lipinski definition) is 2. The molecule has 0 amide bonds. The zero-order chi connectivity index (χ0) is 21.9. The van der Waals surface area contributed by atoms with E-state index in [1.807, 2.05) is 12.1 Å². The first-order valence-corrected chi connectivity index (χ1v) is 15.0. The molecule has 30 heavy (non-hydrogen) atoms. The summed E-state index contributed by atoms with van der Waals surface area (Å²) in [6.07, 6.45) is 10.4. The molecule has 0 unspecified atom stereocenters. The maximum absolute atomic E-state index is 9.95. The van der Waals surface area contributed by atoms with Gasteiger partial charge < -0.3 is 9.53 Å². The number of fused-ring (bicyclic) bond motifs is 5. The van der Waals surface area contributed by atoms with E-state index in [0.717, 1.165) is 24.7 Å². The van der Waals surface area contributed by atoms with Crippen LogP contribution in [0.25, 0.3) is 0 Å². The van der Waals surface area contributed by atoms with Crippen molar-refractivity contribution in [1.29, 1.82) is 0 Å². The van der Waals surface area contributed by atoms with Gasteiger partial charge in [0.25, 0.3) is 0 Å². The van der Waals surface area contributed by atoms with Crippen LogP contribution in [0, 0.1) is 17.3 Å². The fraction of sp³-hybridized carbons (Fsp3) is 0.704. The first-order valence-electron chi connectivity index (χ1n) is 12.1. The highest BCUT2D eigenvalue weighted by molar-refractivity contribution is 6.74. The zero-order valence-electron chi connectivity index (χ0n) is 20.1. The first kappa shape index (κ1) is 22.1. The highest BCUT2D eigenvalue weighted by Crippen LogP contribution is 2.67. The number of benzene rings is 1. The van der Waals surface area contributed by atoms with E-state index < -0.39 is 8.32 Å². The fourth-order valence-electron chi connectivity index (χ4n) is 7.08. The van der Waals surface area contributed by atoms with Crippen molar-refractivity contribution in [3.63, 3.8) is 0 Å². The molecular weight excluding hydrogens is 384 g/mol. The number of aromatic hydroxyl groups is 1. The van der Waals surface area contributed by atoms with Crippen molar-refractivity contribution in [1.82, 2.24) is 0 Å². The zero-order valence-corrected chi connectivity index (χ0v) is 21.1. The Kier molecular flexibility index (Phi) is 5.34. The van der Waals surface area contributed by atoms with E-state index in [4.69, 9.17) is 4.43 Å². The fourth-order valence-corrected chi connectivity index (χ4v) is 8.78. The van der Waals surface area contributed by atoms with E-state index in [0.29, 0.717) is 11.7 Å². The van der Waals surface area contributed by atoms with Crippen LogP contribution in [0.2, 0.25) is 18.1 Å². The Bertz CT molecular complexity index is 823. The highest BCUT2D eigenvalue weighted by atomic mass is 28.4. The summed E-state index contributed by atoms with van der Waals surface area (Å²) in [4.78, 5) is 0. The minimum atomic E-state index is -1.89. The summed E-state index contributed by atoms with van der Waals surface area (Å²) in [6.45, 7) is 18.6. The molecule has 1 N–H and O–H groups in total. The Labute approximate surface area is 185 Å². The molecule has 166 valence electrons. The number of aryl methyl sites for hydroxylation is 1. The van der Waals surface area contributed by atoms with Crippen LogP contribution in [0.3, 0.4) is 0 Å². The maximum Gasteiger partial charge on any atom is 0.192 e. The van der Waals surface area contributed by atoms with Crippen molar-refractivity contribution >= 4 is 8.32 Å². The lowest BCUT2D eigenvalue weighted by atomic mass is 9.53. The SMILES string of the molecule is C=CC[C@]1(O[Si](C)(C)C(C)(C)C)CC[C@H]2[C@@H]3CCc4cc(O)ccc4[C@H]3CC[C@@]21C. The molecule has 0 aliphatic heterocycles. The summed E-state index contributed by atoms with van der Waals surface area (Å²) >= 11 is 0. The molecule has 2 fully saturated rings. The number of phenolic OH excluding ortho intramolecular Hbond substituents is 1. The monoisotopic (exact) mass is 426 g/mol. The molecule has 0 saturated heterocycles. The molecule has 0 spiro atoms. The summed E-state index contributed by atoms with van der Waals surface area (Å²) in [5.41, 5.74) is 3.07. The van der Waals surface area contributed by atoms with E-state index in [2.05, 4.69) is 59.5 Å². The smallest absolute Gasteiger partial charge is 0.192 e. The Morgan fingerprint density at radius 3 is 2.60 bits per heavy atom. The lowest BCUT2D eigenvalue weighted by molar-refractivity contribution is -0.0906. The van der Waals surface area contributed by atoms with Crippen molar-refractivity contribution in [2.45, 2.75) is 102 Å². The summed E-state index contributed by atoms with van der Waals surface area (Å²) in [5.74, 6) is 2.54. The molecule has 2 saturated carbocycles. The van der Waals surface area contributed by atoms with Gasteiger partial charge in [-0.05, 0) is 110 Å².